The van der Waals surface area contributed by atoms with Crippen LogP contribution in [0.2, 0.25) is 0 Å². The van der Waals surface area contributed by atoms with E-state index in [4.69, 9.17) is 17.3 Å². The first-order valence-corrected chi connectivity index (χ1v) is 5.87. The van der Waals surface area contributed by atoms with Crippen LogP contribution in [0.15, 0.2) is 29.2 Å². The van der Waals surface area contributed by atoms with Crippen LogP contribution < -0.4 is 5.32 Å². The Kier molecular flexibility index (Phi) is 3.26. The largest absolute Gasteiger partial charge is 0.478 e. The number of hydrogen-bond donors (Lipinski definition) is 2. The number of carboxylic acids is 1. The Morgan fingerprint density at radius 3 is 2.71 bits per heavy atom. The molecule has 0 radical (unpaired) electrons. The Morgan fingerprint density at radius 1 is 1.41 bits per heavy atom. The lowest BCUT2D eigenvalue weighted by atomic mass is 10.1. The zero-order chi connectivity index (χ0) is 12.4. The fourth-order valence-electron chi connectivity index (χ4n) is 1.38. The minimum atomic E-state index is -1.01. The number of amides is 1. The highest BCUT2D eigenvalue weighted by molar-refractivity contribution is 8.19. The second kappa shape index (κ2) is 4.68. The number of thioether (sulfide) groups is 1. The van der Waals surface area contributed by atoms with Gasteiger partial charge in [0.05, 0.1) is 10.5 Å². The molecule has 1 aromatic carbocycles. The van der Waals surface area contributed by atoms with Crippen molar-refractivity contribution in [2.45, 2.75) is 0 Å². The van der Waals surface area contributed by atoms with Gasteiger partial charge in [0.15, 0.2) is 0 Å². The molecular weight excluding hydrogens is 258 g/mol. The van der Waals surface area contributed by atoms with Crippen molar-refractivity contribution in [1.29, 1.82) is 0 Å². The number of nitrogens with one attached hydrogen (secondary N) is 1. The molecule has 4 nitrogen and oxygen atoms in total. The van der Waals surface area contributed by atoms with Crippen LogP contribution in [-0.2, 0) is 0 Å². The third kappa shape index (κ3) is 2.54. The van der Waals surface area contributed by atoms with Crippen LogP contribution in [0.1, 0.15) is 15.9 Å². The topological polar surface area (TPSA) is 66.4 Å². The number of aromatic carboxylic acids is 1. The van der Waals surface area contributed by atoms with Gasteiger partial charge in [-0.3, -0.25) is 4.79 Å². The molecule has 1 saturated heterocycles. The highest BCUT2D eigenvalue weighted by Crippen LogP contribution is 2.27. The predicted octanol–water partition coefficient (Wildman–Crippen LogP) is 2.51. The molecule has 0 atom stereocenters. The van der Waals surface area contributed by atoms with Crippen LogP contribution in [-0.4, -0.2) is 21.3 Å². The Balaban J connectivity index is 2.42. The van der Waals surface area contributed by atoms with E-state index < -0.39 is 5.97 Å². The van der Waals surface area contributed by atoms with Crippen molar-refractivity contribution >= 4 is 46.3 Å². The third-order valence-corrected chi connectivity index (χ3v) is 3.40. The molecule has 0 spiro atoms. The molecule has 1 aromatic rings. The molecule has 0 aromatic heterocycles. The van der Waals surface area contributed by atoms with Gasteiger partial charge in [-0.15, -0.1) is 0 Å². The summed E-state index contributed by atoms with van der Waals surface area (Å²) < 4.78 is 0. The number of carbonyl (C=O) groups is 2. The number of carbonyl (C=O) groups excluding carboxylic acids is 1. The minimum absolute atomic E-state index is 0.183. The van der Waals surface area contributed by atoms with Crippen molar-refractivity contribution in [3.05, 3.63) is 40.3 Å². The lowest BCUT2D eigenvalue weighted by Crippen LogP contribution is -2.15. The fourth-order valence-corrected chi connectivity index (χ4v) is 2.40. The zero-order valence-electron chi connectivity index (χ0n) is 8.47. The Labute approximate surface area is 107 Å². The Hall–Kier alpha value is -1.66. The molecular formula is C11H7NO3S2. The summed E-state index contributed by atoms with van der Waals surface area (Å²) in [6.45, 7) is 0. The monoisotopic (exact) mass is 265 g/mol. The van der Waals surface area contributed by atoms with Gasteiger partial charge in [0.25, 0.3) is 5.24 Å². The Morgan fingerprint density at radius 2 is 2.12 bits per heavy atom. The van der Waals surface area contributed by atoms with Crippen LogP contribution in [0.4, 0.5) is 4.79 Å². The molecule has 6 heteroatoms. The van der Waals surface area contributed by atoms with Gasteiger partial charge in [-0.1, -0.05) is 30.4 Å². The van der Waals surface area contributed by atoms with Gasteiger partial charge >= 0.3 is 5.97 Å². The third-order valence-electron chi connectivity index (χ3n) is 2.12. The van der Waals surface area contributed by atoms with E-state index in [0.29, 0.717) is 15.5 Å². The van der Waals surface area contributed by atoms with Crippen molar-refractivity contribution in [2.75, 3.05) is 0 Å². The van der Waals surface area contributed by atoms with E-state index in [9.17, 15) is 9.59 Å². The number of carboxylic acid groups (broad SMARTS) is 1. The summed E-state index contributed by atoms with van der Waals surface area (Å²) in [5.41, 5.74) is 0.712. The molecule has 0 unspecified atom stereocenters. The predicted molar refractivity (Wildman–Crippen MR) is 70.1 cm³/mol. The van der Waals surface area contributed by atoms with Gasteiger partial charge in [0.2, 0.25) is 0 Å². The molecule has 0 bridgehead atoms. The molecule has 1 aliphatic heterocycles. The van der Waals surface area contributed by atoms with Crippen molar-refractivity contribution in [3.63, 3.8) is 0 Å². The van der Waals surface area contributed by atoms with E-state index in [1.54, 1.807) is 24.3 Å². The average molecular weight is 265 g/mol. The zero-order valence-corrected chi connectivity index (χ0v) is 10.1. The van der Waals surface area contributed by atoms with Gasteiger partial charge in [-0.05, 0) is 29.5 Å². The minimum Gasteiger partial charge on any atom is -0.478 e. The SMILES string of the molecule is O=C1NC(=S)/C(=C\c2ccccc2C(=O)O)S1. The van der Waals surface area contributed by atoms with Gasteiger partial charge < -0.3 is 10.4 Å². The first-order valence-electron chi connectivity index (χ1n) is 4.65. The highest BCUT2D eigenvalue weighted by Gasteiger charge is 2.22. The normalized spacial score (nSPS) is 17.3. The first kappa shape index (κ1) is 11.8. The van der Waals surface area contributed by atoms with Crippen LogP contribution in [0, 0.1) is 0 Å². The molecule has 2 rings (SSSR count). The number of hydrogen-bond acceptors (Lipinski definition) is 4. The smallest absolute Gasteiger partial charge is 0.336 e. The number of benzene rings is 1. The first-order chi connectivity index (χ1) is 8.08. The fraction of sp³-hybridized carbons (Fsp3) is 0. The van der Waals surface area contributed by atoms with Crippen molar-refractivity contribution in [3.8, 4) is 0 Å². The summed E-state index contributed by atoms with van der Waals surface area (Å²) in [6, 6.07) is 6.56. The van der Waals surface area contributed by atoms with E-state index in [-0.39, 0.29) is 10.8 Å². The molecule has 0 aliphatic carbocycles. The maximum atomic E-state index is 11.1. The van der Waals surface area contributed by atoms with E-state index >= 15 is 0 Å². The van der Waals surface area contributed by atoms with Crippen LogP contribution in [0.5, 0.6) is 0 Å². The highest BCUT2D eigenvalue weighted by atomic mass is 32.2. The van der Waals surface area contributed by atoms with E-state index in [1.807, 2.05) is 0 Å². The lowest BCUT2D eigenvalue weighted by Gasteiger charge is -2.01. The van der Waals surface area contributed by atoms with Crippen molar-refractivity contribution in [1.82, 2.24) is 5.32 Å². The van der Waals surface area contributed by atoms with E-state index in [1.165, 1.54) is 6.07 Å². The summed E-state index contributed by atoms with van der Waals surface area (Å²) in [5.74, 6) is -1.01. The average Bonchev–Trinajstić information content (AvgIpc) is 2.58. The number of thiocarbonyl (C=S) groups is 1. The molecule has 86 valence electrons. The molecule has 1 fully saturated rings. The van der Waals surface area contributed by atoms with E-state index in [0.717, 1.165) is 11.8 Å². The molecule has 2 N–H and O–H groups in total. The van der Waals surface area contributed by atoms with Crippen LogP contribution in [0.3, 0.4) is 0 Å². The quantitative estimate of drug-likeness (QED) is 0.635. The molecule has 1 aliphatic rings. The lowest BCUT2D eigenvalue weighted by molar-refractivity contribution is 0.0696. The molecule has 17 heavy (non-hydrogen) atoms. The molecule has 1 amide bonds. The van der Waals surface area contributed by atoms with Gasteiger partial charge in [0, 0.05) is 0 Å². The van der Waals surface area contributed by atoms with Crippen molar-refractivity contribution in [2.24, 2.45) is 0 Å². The van der Waals surface area contributed by atoms with Gasteiger partial charge in [0.1, 0.15) is 4.99 Å². The molecule has 0 saturated carbocycles. The number of rotatable bonds is 2. The van der Waals surface area contributed by atoms with Crippen LogP contribution >= 0.6 is 24.0 Å². The second-order valence-corrected chi connectivity index (χ2v) is 4.67. The Bertz CT molecular complexity index is 551. The maximum Gasteiger partial charge on any atom is 0.336 e. The summed E-state index contributed by atoms with van der Waals surface area (Å²) in [4.78, 5) is 23.0. The summed E-state index contributed by atoms with van der Waals surface area (Å²) in [6.07, 6.45) is 1.61. The van der Waals surface area contributed by atoms with E-state index in [2.05, 4.69) is 5.32 Å². The second-order valence-electron chi connectivity index (χ2n) is 3.24. The van der Waals surface area contributed by atoms with Gasteiger partial charge in [-0.2, -0.15) is 0 Å². The maximum absolute atomic E-state index is 11.1. The summed E-state index contributed by atoms with van der Waals surface area (Å²) in [7, 11) is 0. The van der Waals surface area contributed by atoms with Crippen molar-refractivity contribution < 1.29 is 14.7 Å². The summed E-state index contributed by atoms with van der Waals surface area (Å²) >= 11 is 5.92. The molecule has 1 heterocycles. The van der Waals surface area contributed by atoms with Gasteiger partial charge in [-0.25, -0.2) is 4.79 Å². The standard InChI is InChI=1S/C11H7NO3S2/c13-10(14)7-4-2-1-3-6(7)5-8-9(16)12-11(15)17-8/h1-5H,(H,13,14)(H,12,15,16)/b8-5+. The summed E-state index contributed by atoms with van der Waals surface area (Å²) in [5, 5.41) is 11.2. The van der Waals surface area contributed by atoms with Crippen LogP contribution in [0.25, 0.3) is 6.08 Å².